The molecule has 1 aliphatic rings. The Balaban J connectivity index is 0.00000242. The highest BCUT2D eigenvalue weighted by atomic mass is 35.5. The molecule has 1 fully saturated rings. The lowest BCUT2D eigenvalue weighted by molar-refractivity contribution is 0.0684. The monoisotopic (exact) mass is 381 g/mol. The molecule has 134 valence electrons. The van der Waals surface area contributed by atoms with Gasteiger partial charge in [0.15, 0.2) is 0 Å². The standard InChI is InChI=1S/C16H27N3OS.2ClH/c1-10(2)9-14-15(21-12(4)18-14)16(20)19-7-5-13(6-8-19)11(3)17;;/h10-11,13H,5-9,17H2,1-4H3;2*1H. The van der Waals surface area contributed by atoms with Gasteiger partial charge in [-0.1, -0.05) is 13.8 Å². The van der Waals surface area contributed by atoms with Crippen LogP contribution >= 0.6 is 36.2 Å². The molecule has 7 heteroatoms. The average Bonchev–Trinajstić information content (AvgIpc) is 2.78. The van der Waals surface area contributed by atoms with Crippen molar-refractivity contribution in [2.75, 3.05) is 13.1 Å². The first-order valence-electron chi connectivity index (χ1n) is 7.89. The maximum absolute atomic E-state index is 12.8. The summed E-state index contributed by atoms with van der Waals surface area (Å²) in [5, 5.41) is 0.986. The van der Waals surface area contributed by atoms with Crippen LogP contribution in [-0.2, 0) is 6.42 Å². The summed E-state index contributed by atoms with van der Waals surface area (Å²) in [7, 11) is 0. The van der Waals surface area contributed by atoms with Gasteiger partial charge in [0.25, 0.3) is 5.91 Å². The van der Waals surface area contributed by atoms with Crippen LogP contribution in [0.15, 0.2) is 0 Å². The largest absolute Gasteiger partial charge is 0.338 e. The van der Waals surface area contributed by atoms with Crippen LogP contribution in [0.1, 0.15) is 54.0 Å². The second kappa shape index (κ2) is 9.82. The second-order valence-electron chi connectivity index (χ2n) is 6.60. The number of nitrogens with zero attached hydrogens (tertiary/aromatic N) is 2. The number of halogens is 2. The van der Waals surface area contributed by atoms with Crippen molar-refractivity contribution in [2.24, 2.45) is 17.6 Å². The van der Waals surface area contributed by atoms with Crippen LogP contribution < -0.4 is 5.73 Å². The molecule has 2 rings (SSSR count). The van der Waals surface area contributed by atoms with Crippen LogP contribution in [0.2, 0.25) is 0 Å². The number of aryl methyl sites for hydroxylation is 1. The Bertz CT molecular complexity index is 498. The van der Waals surface area contributed by atoms with Gasteiger partial charge in [-0.3, -0.25) is 4.79 Å². The van der Waals surface area contributed by atoms with Crippen molar-refractivity contribution < 1.29 is 4.79 Å². The molecule has 1 aromatic rings. The summed E-state index contributed by atoms with van der Waals surface area (Å²) in [6.07, 6.45) is 2.91. The van der Waals surface area contributed by atoms with Gasteiger partial charge in [-0.2, -0.15) is 0 Å². The summed E-state index contributed by atoms with van der Waals surface area (Å²) >= 11 is 1.54. The van der Waals surface area contributed by atoms with Crippen LogP contribution in [0.3, 0.4) is 0 Å². The molecule has 1 saturated heterocycles. The quantitative estimate of drug-likeness (QED) is 0.864. The van der Waals surface area contributed by atoms with E-state index in [1.165, 1.54) is 11.3 Å². The zero-order chi connectivity index (χ0) is 15.6. The van der Waals surface area contributed by atoms with Crippen LogP contribution in [0, 0.1) is 18.8 Å². The number of hydrogen-bond acceptors (Lipinski definition) is 4. The number of nitrogens with two attached hydrogens (primary N) is 1. The van der Waals surface area contributed by atoms with Crippen molar-refractivity contribution in [3.63, 3.8) is 0 Å². The summed E-state index contributed by atoms with van der Waals surface area (Å²) in [6, 6.07) is 0.226. The van der Waals surface area contributed by atoms with Crippen molar-refractivity contribution in [3.05, 3.63) is 15.6 Å². The van der Waals surface area contributed by atoms with Crippen LogP contribution in [0.25, 0.3) is 0 Å². The van der Waals surface area contributed by atoms with E-state index in [1.54, 1.807) is 0 Å². The molecule has 0 radical (unpaired) electrons. The smallest absolute Gasteiger partial charge is 0.265 e. The van der Waals surface area contributed by atoms with Gasteiger partial charge in [0.1, 0.15) is 4.88 Å². The molecule has 4 nitrogen and oxygen atoms in total. The molecule has 0 bridgehead atoms. The molecule has 1 aliphatic heterocycles. The summed E-state index contributed by atoms with van der Waals surface area (Å²) in [5.74, 6) is 1.23. The van der Waals surface area contributed by atoms with Crippen molar-refractivity contribution >= 4 is 42.1 Å². The minimum atomic E-state index is 0. The molecule has 0 aliphatic carbocycles. The maximum atomic E-state index is 12.8. The van der Waals surface area contributed by atoms with Gasteiger partial charge in [0, 0.05) is 19.1 Å². The number of thiazole rings is 1. The molecule has 2 heterocycles. The van der Waals surface area contributed by atoms with E-state index >= 15 is 0 Å². The highest BCUT2D eigenvalue weighted by molar-refractivity contribution is 7.13. The normalized spacial score (nSPS) is 16.7. The summed E-state index contributed by atoms with van der Waals surface area (Å²) in [5.41, 5.74) is 6.95. The molecular weight excluding hydrogens is 353 g/mol. The van der Waals surface area contributed by atoms with E-state index in [4.69, 9.17) is 5.73 Å². The van der Waals surface area contributed by atoms with Crippen LogP contribution in [0.5, 0.6) is 0 Å². The van der Waals surface area contributed by atoms with E-state index in [-0.39, 0.29) is 36.8 Å². The van der Waals surface area contributed by atoms with Crippen molar-refractivity contribution in [3.8, 4) is 0 Å². The van der Waals surface area contributed by atoms with Crippen molar-refractivity contribution in [2.45, 2.75) is 53.0 Å². The van der Waals surface area contributed by atoms with Gasteiger partial charge in [-0.15, -0.1) is 36.2 Å². The predicted molar refractivity (Wildman–Crippen MR) is 102 cm³/mol. The number of likely N-dealkylation sites (tertiary alicyclic amines) is 1. The fraction of sp³-hybridized carbons (Fsp3) is 0.750. The Hall–Kier alpha value is -0.360. The van der Waals surface area contributed by atoms with Crippen LogP contribution in [0.4, 0.5) is 0 Å². The Morgan fingerprint density at radius 1 is 1.30 bits per heavy atom. The van der Waals surface area contributed by atoms with Gasteiger partial charge in [-0.25, -0.2) is 4.98 Å². The number of hydrogen-bond donors (Lipinski definition) is 1. The fourth-order valence-electron chi connectivity index (χ4n) is 2.93. The van der Waals surface area contributed by atoms with Gasteiger partial charge >= 0.3 is 0 Å². The predicted octanol–water partition coefficient (Wildman–Crippen LogP) is 3.69. The molecule has 0 spiro atoms. The molecule has 1 aromatic heterocycles. The molecule has 23 heavy (non-hydrogen) atoms. The summed E-state index contributed by atoms with van der Waals surface area (Å²) < 4.78 is 0. The van der Waals surface area contributed by atoms with Gasteiger partial charge < -0.3 is 10.6 Å². The minimum absolute atomic E-state index is 0. The van der Waals surface area contributed by atoms with Gasteiger partial charge in [-0.05, 0) is 44.9 Å². The van der Waals surface area contributed by atoms with E-state index in [0.717, 1.165) is 47.9 Å². The Morgan fingerprint density at radius 3 is 2.35 bits per heavy atom. The number of piperidine rings is 1. The summed E-state index contributed by atoms with van der Waals surface area (Å²) in [6.45, 7) is 10.0. The van der Waals surface area contributed by atoms with Crippen molar-refractivity contribution in [1.82, 2.24) is 9.88 Å². The van der Waals surface area contributed by atoms with E-state index < -0.39 is 0 Å². The van der Waals surface area contributed by atoms with Crippen LogP contribution in [-0.4, -0.2) is 34.9 Å². The Kier molecular flexibility index (Phi) is 9.67. The summed E-state index contributed by atoms with van der Waals surface area (Å²) in [4.78, 5) is 20.1. The average molecular weight is 382 g/mol. The third-order valence-corrected chi connectivity index (χ3v) is 5.17. The van der Waals surface area contributed by atoms with Gasteiger partial charge in [0.2, 0.25) is 0 Å². The SMILES string of the molecule is Cc1nc(CC(C)C)c(C(=O)N2CCC(C(C)N)CC2)s1.Cl.Cl. The zero-order valence-corrected chi connectivity index (χ0v) is 16.8. The van der Waals surface area contributed by atoms with E-state index in [2.05, 4.69) is 25.8 Å². The molecule has 1 unspecified atom stereocenters. The second-order valence-corrected chi connectivity index (χ2v) is 7.80. The van der Waals surface area contributed by atoms with Gasteiger partial charge in [0.05, 0.1) is 10.7 Å². The lowest BCUT2D eigenvalue weighted by Gasteiger charge is -2.33. The van der Waals surface area contributed by atoms with E-state index in [1.807, 2.05) is 11.8 Å². The number of carbonyl (C=O) groups is 1. The number of aromatic nitrogens is 1. The first-order valence-corrected chi connectivity index (χ1v) is 8.71. The van der Waals surface area contributed by atoms with E-state index in [9.17, 15) is 4.79 Å². The number of rotatable bonds is 4. The molecule has 2 N–H and O–H groups in total. The molecule has 1 atom stereocenters. The lowest BCUT2D eigenvalue weighted by atomic mass is 9.91. The lowest BCUT2D eigenvalue weighted by Crippen LogP contribution is -2.42. The molecule has 0 saturated carbocycles. The minimum Gasteiger partial charge on any atom is -0.338 e. The van der Waals surface area contributed by atoms with E-state index in [0.29, 0.717) is 11.8 Å². The highest BCUT2D eigenvalue weighted by Crippen LogP contribution is 2.26. The highest BCUT2D eigenvalue weighted by Gasteiger charge is 2.28. The third-order valence-electron chi connectivity index (χ3n) is 4.17. The molecular formula is C16H29Cl2N3OS. The molecule has 0 aromatic carbocycles. The topological polar surface area (TPSA) is 59.2 Å². The first-order chi connectivity index (χ1) is 9.88. The number of carbonyl (C=O) groups excluding carboxylic acids is 1. The Morgan fingerprint density at radius 2 is 1.87 bits per heavy atom. The van der Waals surface area contributed by atoms with Crippen molar-refractivity contribution in [1.29, 1.82) is 0 Å². The fourth-order valence-corrected chi connectivity index (χ4v) is 3.85. The third kappa shape index (κ3) is 5.89. The first kappa shape index (κ1) is 22.6. The number of amides is 1. The Labute approximate surface area is 156 Å². The molecule has 1 amide bonds. The zero-order valence-electron chi connectivity index (χ0n) is 14.4. The maximum Gasteiger partial charge on any atom is 0.265 e.